The summed E-state index contributed by atoms with van der Waals surface area (Å²) in [5.74, 6) is -0.199. The molecule has 0 atom stereocenters. The molecule has 32 heavy (non-hydrogen) atoms. The fraction of sp³-hybridized carbons (Fsp3) is 0.0800. The lowest BCUT2D eigenvalue weighted by atomic mass is 10.1. The number of nitrogens with one attached hydrogen (secondary N) is 1. The Morgan fingerprint density at radius 1 is 0.938 bits per heavy atom. The Morgan fingerprint density at radius 3 is 2.31 bits per heavy atom. The number of nitrogens with zero attached hydrogens (tertiary/aromatic N) is 2. The smallest absolute Gasteiger partial charge is 0.271 e. The third-order valence-corrected chi connectivity index (χ3v) is 5.95. The summed E-state index contributed by atoms with van der Waals surface area (Å²) in [4.78, 5) is 25.9. The van der Waals surface area contributed by atoms with Crippen LogP contribution in [0.2, 0.25) is 5.02 Å². The normalized spacial score (nSPS) is 10.7. The van der Waals surface area contributed by atoms with Crippen LogP contribution >= 0.6 is 23.4 Å². The van der Waals surface area contributed by atoms with Crippen LogP contribution in [0, 0.1) is 6.92 Å². The molecule has 0 unspecified atom stereocenters. The number of amides is 1. The first kappa shape index (κ1) is 21.9. The van der Waals surface area contributed by atoms with Crippen molar-refractivity contribution in [1.29, 1.82) is 0 Å². The predicted octanol–water partition coefficient (Wildman–Crippen LogP) is 5.28. The van der Waals surface area contributed by atoms with Crippen LogP contribution in [-0.4, -0.2) is 15.7 Å². The number of rotatable bonds is 6. The second-order valence-corrected chi connectivity index (χ2v) is 8.72. The summed E-state index contributed by atoms with van der Waals surface area (Å²) < 4.78 is 1.34. The van der Waals surface area contributed by atoms with Crippen molar-refractivity contribution in [2.24, 2.45) is 0 Å². The van der Waals surface area contributed by atoms with Gasteiger partial charge in [0.1, 0.15) is 5.03 Å². The molecule has 0 radical (unpaired) electrons. The lowest BCUT2D eigenvalue weighted by Gasteiger charge is -2.09. The molecule has 0 spiro atoms. The molecule has 7 heteroatoms. The minimum absolute atomic E-state index is 0.199. The Morgan fingerprint density at radius 2 is 1.62 bits per heavy atom. The minimum Gasteiger partial charge on any atom is -0.348 e. The van der Waals surface area contributed by atoms with Crippen LogP contribution in [0.5, 0.6) is 0 Å². The first-order valence-corrected chi connectivity index (χ1v) is 11.2. The van der Waals surface area contributed by atoms with E-state index < -0.39 is 0 Å². The Labute approximate surface area is 195 Å². The highest BCUT2D eigenvalue weighted by Gasteiger charge is 2.09. The van der Waals surface area contributed by atoms with Crippen LogP contribution in [0.4, 0.5) is 0 Å². The molecule has 4 rings (SSSR count). The summed E-state index contributed by atoms with van der Waals surface area (Å²) in [6.45, 7) is 2.44. The Bertz CT molecular complexity index is 1280. The van der Waals surface area contributed by atoms with Crippen molar-refractivity contribution in [1.82, 2.24) is 15.1 Å². The molecule has 4 aromatic rings. The van der Waals surface area contributed by atoms with E-state index in [0.717, 1.165) is 10.5 Å². The molecular weight excluding hydrogens is 442 g/mol. The van der Waals surface area contributed by atoms with Gasteiger partial charge in [-0.25, -0.2) is 0 Å². The highest BCUT2D eigenvalue weighted by Crippen LogP contribution is 2.25. The summed E-state index contributed by atoms with van der Waals surface area (Å²) in [5, 5.41) is 8.71. The van der Waals surface area contributed by atoms with E-state index >= 15 is 0 Å². The maximum absolute atomic E-state index is 12.5. The van der Waals surface area contributed by atoms with Gasteiger partial charge in [0, 0.05) is 28.1 Å². The summed E-state index contributed by atoms with van der Waals surface area (Å²) in [7, 11) is 0. The molecular formula is C25H20ClN3O2S. The highest BCUT2D eigenvalue weighted by molar-refractivity contribution is 7.99. The monoisotopic (exact) mass is 461 g/mol. The molecule has 0 fully saturated rings. The first-order chi connectivity index (χ1) is 15.5. The first-order valence-electron chi connectivity index (χ1n) is 9.96. The van der Waals surface area contributed by atoms with Gasteiger partial charge in [-0.05, 0) is 67.1 Å². The summed E-state index contributed by atoms with van der Waals surface area (Å²) in [6.07, 6.45) is 0. The van der Waals surface area contributed by atoms with Crippen LogP contribution < -0.4 is 10.9 Å². The molecule has 0 aliphatic carbocycles. The molecule has 1 heterocycles. The summed E-state index contributed by atoms with van der Waals surface area (Å²) in [5.41, 5.74) is 3.00. The number of aryl methyl sites for hydroxylation is 1. The third kappa shape index (κ3) is 5.46. The molecule has 1 aromatic heterocycles. The van der Waals surface area contributed by atoms with Crippen LogP contribution in [0.3, 0.4) is 0 Å². The van der Waals surface area contributed by atoms with E-state index in [1.165, 1.54) is 28.1 Å². The van der Waals surface area contributed by atoms with Gasteiger partial charge in [-0.3, -0.25) is 9.59 Å². The molecule has 0 aliphatic heterocycles. The number of hydrogen-bond acceptors (Lipinski definition) is 4. The van der Waals surface area contributed by atoms with Crippen LogP contribution in [0.1, 0.15) is 21.5 Å². The number of benzene rings is 3. The molecule has 0 saturated heterocycles. The minimum atomic E-state index is -0.238. The van der Waals surface area contributed by atoms with Crippen molar-refractivity contribution < 1.29 is 4.79 Å². The lowest BCUT2D eigenvalue weighted by Crippen LogP contribution is -2.23. The van der Waals surface area contributed by atoms with Crippen molar-refractivity contribution in [3.63, 3.8) is 0 Å². The van der Waals surface area contributed by atoms with E-state index in [4.69, 9.17) is 11.6 Å². The molecule has 1 N–H and O–H groups in total. The number of aromatic nitrogens is 2. The zero-order valence-electron chi connectivity index (χ0n) is 17.3. The van der Waals surface area contributed by atoms with E-state index in [2.05, 4.69) is 10.4 Å². The Kier molecular flexibility index (Phi) is 6.73. The fourth-order valence-corrected chi connectivity index (χ4v) is 3.90. The second kappa shape index (κ2) is 9.85. The number of halogens is 1. The van der Waals surface area contributed by atoms with Crippen molar-refractivity contribution >= 4 is 29.3 Å². The number of carbonyl (C=O) groups excluding carboxylic acids is 1. The molecule has 3 aromatic carbocycles. The van der Waals surface area contributed by atoms with Gasteiger partial charge in [-0.1, -0.05) is 53.2 Å². The Hall–Kier alpha value is -3.35. The highest BCUT2D eigenvalue weighted by atomic mass is 35.5. The summed E-state index contributed by atoms with van der Waals surface area (Å²) in [6, 6.07) is 25.4. The summed E-state index contributed by atoms with van der Waals surface area (Å²) >= 11 is 7.37. The molecule has 0 saturated carbocycles. The zero-order valence-corrected chi connectivity index (χ0v) is 18.9. The maximum atomic E-state index is 12.5. The predicted molar refractivity (Wildman–Crippen MR) is 128 cm³/mol. The van der Waals surface area contributed by atoms with Gasteiger partial charge in [0.25, 0.3) is 11.5 Å². The van der Waals surface area contributed by atoms with E-state index in [1.54, 1.807) is 42.5 Å². The fourth-order valence-electron chi connectivity index (χ4n) is 3.00. The van der Waals surface area contributed by atoms with Gasteiger partial charge in [0.05, 0.1) is 5.69 Å². The van der Waals surface area contributed by atoms with Crippen molar-refractivity contribution in [3.05, 3.63) is 117 Å². The van der Waals surface area contributed by atoms with E-state index in [1.807, 2.05) is 43.3 Å². The van der Waals surface area contributed by atoms with Crippen LogP contribution in [0.25, 0.3) is 5.69 Å². The van der Waals surface area contributed by atoms with E-state index in [0.29, 0.717) is 27.8 Å². The molecule has 1 amide bonds. The average Bonchev–Trinajstić information content (AvgIpc) is 2.81. The number of hydrogen-bond donors (Lipinski definition) is 1. The Balaban J connectivity index is 1.47. The van der Waals surface area contributed by atoms with Crippen molar-refractivity contribution in [2.45, 2.75) is 23.4 Å². The van der Waals surface area contributed by atoms with Gasteiger partial charge in [-0.2, -0.15) is 9.78 Å². The quantitative estimate of drug-likeness (QED) is 0.424. The lowest BCUT2D eigenvalue weighted by molar-refractivity contribution is 0.0951. The van der Waals surface area contributed by atoms with Gasteiger partial charge < -0.3 is 5.32 Å². The SMILES string of the molecule is Cc1ccc(Sc2ccc(=O)n(-c3ccc(C(=O)NCc4ccc(Cl)cc4)cc3)n2)cc1. The average molecular weight is 462 g/mol. The molecule has 5 nitrogen and oxygen atoms in total. The van der Waals surface area contributed by atoms with E-state index in [-0.39, 0.29) is 11.5 Å². The number of carbonyl (C=O) groups is 1. The van der Waals surface area contributed by atoms with Gasteiger partial charge in [0.15, 0.2) is 0 Å². The van der Waals surface area contributed by atoms with Gasteiger partial charge >= 0.3 is 0 Å². The van der Waals surface area contributed by atoms with E-state index in [9.17, 15) is 9.59 Å². The van der Waals surface area contributed by atoms with Crippen molar-refractivity contribution in [2.75, 3.05) is 0 Å². The zero-order chi connectivity index (χ0) is 22.5. The standard InChI is InChI=1S/C25H20ClN3O2S/c1-17-2-12-22(13-3-17)32-23-14-15-24(30)29(28-23)21-10-6-19(7-11-21)25(31)27-16-18-4-8-20(26)9-5-18/h2-15H,16H2,1H3,(H,27,31). The van der Waals surface area contributed by atoms with Gasteiger partial charge in [-0.15, -0.1) is 0 Å². The largest absolute Gasteiger partial charge is 0.348 e. The topological polar surface area (TPSA) is 64.0 Å². The molecule has 0 aliphatic rings. The van der Waals surface area contributed by atoms with Gasteiger partial charge in [0.2, 0.25) is 0 Å². The maximum Gasteiger partial charge on any atom is 0.271 e. The third-order valence-electron chi connectivity index (χ3n) is 4.76. The van der Waals surface area contributed by atoms with Crippen LogP contribution in [-0.2, 0) is 6.54 Å². The second-order valence-electron chi connectivity index (χ2n) is 7.19. The van der Waals surface area contributed by atoms with Crippen LogP contribution in [0.15, 0.2) is 99.6 Å². The molecule has 0 bridgehead atoms. The van der Waals surface area contributed by atoms with Crippen molar-refractivity contribution in [3.8, 4) is 5.69 Å². The molecule has 160 valence electrons.